The number of carboxylic acids is 1. The van der Waals surface area contributed by atoms with E-state index in [0.717, 1.165) is 39.5 Å². The maximum absolute atomic E-state index is 11.2. The molecule has 166 valence electrons. The maximum atomic E-state index is 11.2. The average molecular weight is 468 g/mol. The van der Waals surface area contributed by atoms with Gasteiger partial charge >= 0.3 is 5.97 Å². The molecule has 9 heteroatoms. The second kappa shape index (κ2) is 8.44. The highest BCUT2D eigenvalue weighted by Gasteiger charge is 2.41. The molecular formula is C25H17N5O3S. The number of nitrogens with zero attached hydrogens (tertiary/aromatic N) is 5. The summed E-state index contributed by atoms with van der Waals surface area (Å²) in [5.41, 5.74) is 4.67. The van der Waals surface area contributed by atoms with Gasteiger partial charge in [0.25, 0.3) is 0 Å². The fourth-order valence-electron chi connectivity index (χ4n) is 4.07. The molecule has 0 radical (unpaired) electrons. The second-order valence-electron chi connectivity index (χ2n) is 8.10. The van der Waals surface area contributed by atoms with Crippen molar-refractivity contribution in [2.75, 3.05) is 0 Å². The number of ether oxygens (including phenoxy) is 1. The first kappa shape index (κ1) is 22.7. The number of aromatic nitrogens is 2. The first-order valence-corrected chi connectivity index (χ1v) is 10.9. The van der Waals surface area contributed by atoms with E-state index in [1.807, 2.05) is 19.9 Å². The molecule has 1 aliphatic rings. The quantitative estimate of drug-likeness (QED) is 0.537. The molecule has 3 aromatic rings. The number of nitriles is 3. The molecule has 0 saturated heterocycles. The number of allylic oxidation sites excluding steroid dienone is 2. The van der Waals surface area contributed by atoms with Crippen LogP contribution in [-0.4, -0.2) is 25.4 Å². The number of hydrogen-bond acceptors (Lipinski definition) is 8. The van der Waals surface area contributed by atoms with Gasteiger partial charge < -0.3 is 9.84 Å². The van der Waals surface area contributed by atoms with Gasteiger partial charge in [-0.3, -0.25) is 0 Å². The Balaban J connectivity index is 1.85. The van der Waals surface area contributed by atoms with E-state index in [0.29, 0.717) is 17.5 Å². The zero-order chi connectivity index (χ0) is 24.6. The predicted molar refractivity (Wildman–Crippen MR) is 124 cm³/mol. The highest BCUT2D eigenvalue weighted by Crippen LogP contribution is 2.43. The first-order chi connectivity index (χ1) is 16.2. The SMILES string of the molecule is CC1=C(C#N)C(=C(C#N)C#N)OC1(C)Cc1cc(-c2ccc(C(=O)O)cc2)c2nsnc2c1C. The standard InChI is InChI=1S/C25H17N5O3S/c1-13-17(9-25(3)14(2)20(12-28)23(33-25)18(10-26)11-27)8-19(22-21(13)29-34-30-22)15-4-6-16(7-5-15)24(31)32/h4-8H,9H2,1-3H3,(H,31,32). The van der Waals surface area contributed by atoms with E-state index in [9.17, 15) is 25.7 Å². The van der Waals surface area contributed by atoms with E-state index in [4.69, 9.17) is 4.74 Å². The Bertz CT molecular complexity index is 1530. The molecule has 0 fully saturated rings. The Morgan fingerprint density at radius 1 is 1.12 bits per heavy atom. The molecule has 2 heterocycles. The van der Waals surface area contributed by atoms with E-state index < -0.39 is 11.6 Å². The molecule has 1 aromatic heterocycles. The molecule has 4 rings (SSSR count). The Hall–Kier alpha value is -4.52. The van der Waals surface area contributed by atoms with Crippen molar-refractivity contribution in [1.29, 1.82) is 15.8 Å². The minimum Gasteiger partial charge on any atom is -0.479 e. The van der Waals surface area contributed by atoms with Gasteiger partial charge in [-0.25, -0.2) is 4.79 Å². The molecule has 0 saturated carbocycles. The molecule has 34 heavy (non-hydrogen) atoms. The lowest BCUT2D eigenvalue weighted by molar-refractivity contribution is 0.0696. The molecule has 1 unspecified atom stereocenters. The molecule has 1 aliphatic heterocycles. The average Bonchev–Trinajstić information content (AvgIpc) is 3.41. The van der Waals surface area contributed by atoms with Gasteiger partial charge in [-0.05, 0) is 61.2 Å². The Labute approximate surface area is 199 Å². The third kappa shape index (κ3) is 3.57. The maximum Gasteiger partial charge on any atom is 0.335 e. The van der Waals surface area contributed by atoms with Crippen molar-refractivity contribution in [1.82, 2.24) is 8.75 Å². The molecule has 1 atom stereocenters. The van der Waals surface area contributed by atoms with Crippen LogP contribution >= 0.6 is 11.7 Å². The van der Waals surface area contributed by atoms with Crippen LogP contribution < -0.4 is 0 Å². The predicted octanol–water partition coefficient (Wildman–Crippen LogP) is 4.84. The molecule has 2 aromatic carbocycles. The van der Waals surface area contributed by atoms with Gasteiger partial charge in [0.2, 0.25) is 0 Å². The van der Waals surface area contributed by atoms with Gasteiger partial charge in [-0.2, -0.15) is 24.5 Å². The monoisotopic (exact) mass is 467 g/mol. The van der Waals surface area contributed by atoms with Crippen molar-refractivity contribution in [2.24, 2.45) is 0 Å². The number of carbonyl (C=O) groups is 1. The van der Waals surface area contributed by atoms with Gasteiger partial charge in [0.15, 0.2) is 11.3 Å². The summed E-state index contributed by atoms with van der Waals surface area (Å²) >= 11 is 1.09. The van der Waals surface area contributed by atoms with Gasteiger partial charge in [0, 0.05) is 12.0 Å². The molecule has 0 amide bonds. The highest BCUT2D eigenvalue weighted by atomic mass is 32.1. The summed E-state index contributed by atoms with van der Waals surface area (Å²) in [4.78, 5) is 11.2. The lowest BCUT2D eigenvalue weighted by Crippen LogP contribution is -2.29. The summed E-state index contributed by atoms with van der Waals surface area (Å²) in [5, 5.41) is 37.5. The normalized spacial score (nSPS) is 17.1. The van der Waals surface area contributed by atoms with Crippen molar-refractivity contribution in [3.63, 3.8) is 0 Å². The van der Waals surface area contributed by atoms with Crippen LogP contribution in [0.25, 0.3) is 22.2 Å². The number of carboxylic acid groups (broad SMARTS) is 1. The third-order valence-corrected chi connectivity index (χ3v) is 6.68. The summed E-state index contributed by atoms with van der Waals surface area (Å²) in [6, 6.07) is 14.2. The van der Waals surface area contributed by atoms with Crippen molar-refractivity contribution < 1.29 is 14.6 Å². The van der Waals surface area contributed by atoms with Crippen LogP contribution in [0.5, 0.6) is 0 Å². The molecule has 8 nitrogen and oxygen atoms in total. The summed E-state index contributed by atoms with van der Waals surface area (Å²) in [7, 11) is 0. The molecule has 1 N–H and O–H groups in total. The summed E-state index contributed by atoms with van der Waals surface area (Å²) in [5.74, 6) is -0.998. The van der Waals surface area contributed by atoms with Crippen LogP contribution in [0, 0.1) is 40.9 Å². The lowest BCUT2D eigenvalue weighted by Gasteiger charge is -2.27. The topological polar surface area (TPSA) is 144 Å². The number of fused-ring (bicyclic) bond motifs is 1. The number of rotatable bonds is 4. The van der Waals surface area contributed by atoms with Gasteiger partial charge in [0.1, 0.15) is 34.8 Å². The molecular weight excluding hydrogens is 450 g/mol. The van der Waals surface area contributed by atoms with E-state index in [1.54, 1.807) is 43.3 Å². The zero-order valence-corrected chi connectivity index (χ0v) is 19.3. The second-order valence-corrected chi connectivity index (χ2v) is 8.63. The Morgan fingerprint density at radius 3 is 2.35 bits per heavy atom. The van der Waals surface area contributed by atoms with Crippen molar-refractivity contribution in [2.45, 2.75) is 32.8 Å². The largest absolute Gasteiger partial charge is 0.479 e. The van der Waals surface area contributed by atoms with Crippen LogP contribution in [0.3, 0.4) is 0 Å². The summed E-state index contributed by atoms with van der Waals surface area (Å²) < 4.78 is 15.0. The van der Waals surface area contributed by atoms with Crippen LogP contribution in [0.1, 0.15) is 35.3 Å². The Kier molecular flexibility index (Phi) is 5.63. The minimum atomic E-state index is -1.00. The summed E-state index contributed by atoms with van der Waals surface area (Å²) in [6.45, 7) is 5.52. The molecule has 0 aliphatic carbocycles. The van der Waals surface area contributed by atoms with E-state index in [-0.39, 0.29) is 22.5 Å². The number of benzene rings is 2. The van der Waals surface area contributed by atoms with Crippen LogP contribution in [-0.2, 0) is 11.2 Å². The van der Waals surface area contributed by atoms with Gasteiger partial charge in [0.05, 0.1) is 22.9 Å². The van der Waals surface area contributed by atoms with Crippen molar-refractivity contribution in [3.05, 3.63) is 69.5 Å². The van der Waals surface area contributed by atoms with Crippen molar-refractivity contribution >= 4 is 28.7 Å². The van der Waals surface area contributed by atoms with Crippen LogP contribution in [0.4, 0.5) is 0 Å². The number of aryl methyl sites for hydroxylation is 1. The lowest BCUT2D eigenvalue weighted by atomic mass is 9.85. The first-order valence-electron chi connectivity index (χ1n) is 10.2. The van der Waals surface area contributed by atoms with Crippen molar-refractivity contribution in [3.8, 4) is 29.3 Å². The summed E-state index contributed by atoms with van der Waals surface area (Å²) in [6.07, 6.45) is 0.358. The van der Waals surface area contributed by atoms with Crippen LogP contribution in [0.2, 0.25) is 0 Å². The van der Waals surface area contributed by atoms with E-state index in [2.05, 4.69) is 14.8 Å². The molecule has 0 spiro atoms. The van der Waals surface area contributed by atoms with E-state index >= 15 is 0 Å². The van der Waals surface area contributed by atoms with Gasteiger partial charge in [-0.15, -0.1) is 0 Å². The third-order valence-electron chi connectivity index (χ3n) is 6.15. The van der Waals surface area contributed by atoms with Gasteiger partial charge in [-0.1, -0.05) is 12.1 Å². The number of aromatic carboxylic acids is 1. The van der Waals surface area contributed by atoms with E-state index in [1.165, 1.54) is 0 Å². The highest BCUT2D eigenvalue weighted by molar-refractivity contribution is 7.00. The minimum absolute atomic E-state index is 0.00559. The fourth-order valence-corrected chi connectivity index (χ4v) is 4.68. The fraction of sp³-hybridized carbons (Fsp3) is 0.200. The Morgan fingerprint density at radius 2 is 1.76 bits per heavy atom. The molecule has 0 bridgehead atoms. The smallest absolute Gasteiger partial charge is 0.335 e. The zero-order valence-electron chi connectivity index (χ0n) is 18.5. The van der Waals surface area contributed by atoms with Crippen LogP contribution in [0.15, 0.2) is 52.8 Å². The number of hydrogen-bond donors (Lipinski definition) is 1.